The zero-order valence-electron chi connectivity index (χ0n) is 23.6. The molecule has 7 heteroatoms. The molecule has 0 saturated heterocycles. The third-order valence-corrected chi connectivity index (χ3v) is 8.06. The number of carbonyl (C=O) groups excluding carboxylic acids is 4. The molecule has 0 spiro atoms. The second-order valence-electron chi connectivity index (χ2n) is 11.1. The number of benzene rings is 3. The van der Waals surface area contributed by atoms with Gasteiger partial charge in [-0.3, -0.25) is 24.1 Å². The van der Waals surface area contributed by atoms with Crippen LogP contribution in [0.15, 0.2) is 78.9 Å². The first-order valence-corrected chi connectivity index (χ1v) is 14.6. The van der Waals surface area contributed by atoms with Crippen LogP contribution < -0.4 is 5.32 Å². The van der Waals surface area contributed by atoms with Crippen molar-refractivity contribution in [2.75, 3.05) is 6.54 Å². The van der Waals surface area contributed by atoms with E-state index in [0.29, 0.717) is 30.5 Å². The predicted octanol–water partition coefficient (Wildman–Crippen LogP) is 5.07. The van der Waals surface area contributed by atoms with E-state index in [-0.39, 0.29) is 42.6 Å². The Morgan fingerprint density at radius 1 is 0.878 bits per heavy atom. The standard InChI is InChI=1S/C34H37N3O4/c1-24-11-9-14-26(21-24)23-37(30(22-25-12-3-2-4-13-25)32(39)35-27-15-5-6-16-27)31(38)19-10-20-36-33(40)28-17-7-8-18-29(28)34(36)41/h2-4,7-9,11-14,17-18,21,27,30H,5-6,10,15-16,19-20,22-23H2,1H3,(H,35,39)/t30-/m0/s1. The Balaban J connectivity index is 1.35. The lowest BCUT2D eigenvalue weighted by atomic mass is 10.0. The van der Waals surface area contributed by atoms with Crippen molar-refractivity contribution in [2.45, 2.75) is 70.5 Å². The summed E-state index contributed by atoms with van der Waals surface area (Å²) in [6, 6.07) is 24.0. The van der Waals surface area contributed by atoms with Crippen molar-refractivity contribution in [2.24, 2.45) is 0 Å². The zero-order chi connectivity index (χ0) is 28.8. The normalized spacial score (nSPS) is 15.6. The summed E-state index contributed by atoms with van der Waals surface area (Å²) in [6.07, 6.45) is 4.93. The second kappa shape index (κ2) is 12.9. The minimum Gasteiger partial charge on any atom is -0.352 e. The average molecular weight is 552 g/mol. The number of carbonyl (C=O) groups is 4. The summed E-state index contributed by atoms with van der Waals surface area (Å²) in [6.45, 7) is 2.45. The van der Waals surface area contributed by atoms with Gasteiger partial charge in [0.05, 0.1) is 11.1 Å². The molecular weight excluding hydrogens is 514 g/mol. The molecule has 1 heterocycles. The van der Waals surface area contributed by atoms with Crippen LogP contribution in [0.25, 0.3) is 0 Å². The Hall–Kier alpha value is -4.26. The molecule has 0 unspecified atom stereocenters. The van der Waals surface area contributed by atoms with E-state index < -0.39 is 6.04 Å². The van der Waals surface area contributed by atoms with Crippen molar-refractivity contribution < 1.29 is 19.2 Å². The molecule has 1 atom stereocenters. The molecule has 1 aliphatic carbocycles. The Labute approximate surface area is 241 Å². The van der Waals surface area contributed by atoms with E-state index in [1.165, 1.54) is 4.90 Å². The Kier molecular flexibility index (Phi) is 8.92. The summed E-state index contributed by atoms with van der Waals surface area (Å²) in [5, 5.41) is 3.22. The average Bonchev–Trinajstić information content (AvgIpc) is 3.57. The zero-order valence-corrected chi connectivity index (χ0v) is 23.6. The highest BCUT2D eigenvalue weighted by Gasteiger charge is 2.36. The molecular formula is C34H37N3O4. The van der Waals surface area contributed by atoms with Crippen LogP contribution in [0.4, 0.5) is 0 Å². The fourth-order valence-corrected chi connectivity index (χ4v) is 5.90. The Morgan fingerprint density at radius 2 is 1.51 bits per heavy atom. The molecule has 1 fully saturated rings. The molecule has 2 aliphatic rings. The van der Waals surface area contributed by atoms with E-state index in [2.05, 4.69) is 5.32 Å². The van der Waals surface area contributed by atoms with Crippen molar-refractivity contribution in [3.63, 3.8) is 0 Å². The van der Waals surface area contributed by atoms with E-state index in [0.717, 1.165) is 42.4 Å². The lowest BCUT2D eigenvalue weighted by Gasteiger charge is -2.32. The highest BCUT2D eigenvalue weighted by molar-refractivity contribution is 6.21. The third kappa shape index (κ3) is 6.73. The summed E-state index contributed by atoms with van der Waals surface area (Å²) in [5.41, 5.74) is 3.81. The topological polar surface area (TPSA) is 86.8 Å². The summed E-state index contributed by atoms with van der Waals surface area (Å²) < 4.78 is 0. The van der Waals surface area contributed by atoms with Gasteiger partial charge in [-0.25, -0.2) is 0 Å². The number of fused-ring (bicyclic) bond motifs is 1. The van der Waals surface area contributed by atoms with Gasteiger partial charge in [0.2, 0.25) is 11.8 Å². The van der Waals surface area contributed by atoms with Crippen LogP contribution in [-0.2, 0) is 22.6 Å². The summed E-state index contributed by atoms with van der Waals surface area (Å²) in [7, 11) is 0. The van der Waals surface area contributed by atoms with Crippen LogP contribution >= 0.6 is 0 Å². The molecule has 212 valence electrons. The first kappa shape index (κ1) is 28.3. The maximum absolute atomic E-state index is 13.9. The molecule has 0 aromatic heterocycles. The van der Waals surface area contributed by atoms with E-state index in [1.54, 1.807) is 29.2 Å². The van der Waals surface area contributed by atoms with Gasteiger partial charge in [-0.05, 0) is 49.4 Å². The monoisotopic (exact) mass is 551 g/mol. The van der Waals surface area contributed by atoms with E-state index >= 15 is 0 Å². The number of nitrogens with one attached hydrogen (secondary N) is 1. The second-order valence-corrected chi connectivity index (χ2v) is 11.1. The van der Waals surface area contributed by atoms with Gasteiger partial charge in [0, 0.05) is 32.0 Å². The number of hydrogen-bond donors (Lipinski definition) is 1. The fourth-order valence-electron chi connectivity index (χ4n) is 5.90. The van der Waals surface area contributed by atoms with Crippen molar-refractivity contribution >= 4 is 23.6 Å². The summed E-state index contributed by atoms with van der Waals surface area (Å²) >= 11 is 0. The third-order valence-electron chi connectivity index (χ3n) is 8.06. The maximum atomic E-state index is 13.9. The van der Waals surface area contributed by atoms with Gasteiger partial charge >= 0.3 is 0 Å². The SMILES string of the molecule is Cc1cccc(CN(C(=O)CCCN2C(=O)c3ccccc3C2=O)[C@@H](Cc2ccccc2)C(=O)NC2CCCC2)c1. The van der Waals surface area contributed by atoms with Crippen molar-refractivity contribution in [1.82, 2.24) is 15.1 Å². The van der Waals surface area contributed by atoms with Gasteiger partial charge in [-0.1, -0.05) is 85.1 Å². The van der Waals surface area contributed by atoms with Crippen molar-refractivity contribution in [3.8, 4) is 0 Å². The molecule has 7 nitrogen and oxygen atoms in total. The smallest absolute Gasteiger partial charge is 0.261 e. The highest BCUT2D eigenvalue weighted by atomic mass is 16.2. The van der Waals surface area contributed by atoms with Crippen LogP contribution in [0.1, 0.15) is 75.9 Å². The van der Waals surface area contributed by atoms with Crippen molar-refractivity contribution in [3.05, 3.63) is 107 Å². The van der Waals surface area contributed by atoms with E-state index in [1.807, 2.05) is 61.5 Å². The van der Waals surface area contributed by atoms with Crippen LogP contribution in [0.2, 0.25) is 0 Å². The van der Waals surface area contributed by atoms with Crippen LogP contribution in [0.3, 0.4) is 0 Å². The largest absolute Gasteiger partial charge is 0.352 e. The molecule has 41 heavy (non-hydrogen) atoms. The lowest BCUT2D eigenvalue weighted by Crippen LogP contribution is -2.52. The number of hydrogen-bond acceptors (Lipinski definition) is 4. The quantitative estimate of drug-likeness (QED) is 0.337. The van der Waals surface area contributed by atoms with Gasteiger partial charge < -0.3 is 10.2 Å². The maximum Gasteiger partial charge on any atom is 0.261 e. The fraction of sp³-hybridized carbons (Fsp3) is 0.353. The summed E-state index contributed by atoms with van der Waals surface area (Å²) in [5.74, 6) is -0.965. The molecule has 0 bridgehead atoms. The minimum atomic E-state index is -0.690. The molecule has 3 aromatic rings. The van der Waals surface area contributed by atoms with Gasteiger partial charge in [0.15, 0.2) is 0 Å². The van der Waals surface area contributed by atoms with Crippen LogP contribution in [-0.4, -0.2) is 52.1 Å². The predicted molar refractivity (Wildman–Crippen MR) is 157 cm³/mol. The number of imide groups is 1. The lowest BCUT2D eigenvalue weighted by molar-refractivity contribution is -0.141. The van der Waals surface area contributed by atoms with Gasteiger partial charge in [-0.15, -0.1) is 0 Å². The molecule has 0 radical (unpaired) electrons. The summed E-state index contributed by atoms with van der Waals surface area (Å²) in [4.78, 5) is 56.2. The molecule has 4 amide bonds. The first-order chi connectivity index (χ1) is 19.9. The van der Waals surface area contributed by atoms with Gasteiger partial charge in [-0.2, -0.15) is 0 Å². The van der Waals surface area contributed by atoms with Crippen molar-refractivity contribution in [1.29, 1.82) is 0 Å². The van der Waals surface area contributed by atoms with Crippen LogP contribution in [0, 0.1) is 6.92 Å². The van der Waals surface area contributed by atoms with Gasteiger partial charge in [0.1, 0.15) is 6.04 Å². The Morgan fingerprint density at radius 3 is 2.17 bits per heavy atom. The highest BCUT2D eigenvalue weighted by Crippen LogP contribution is 2.24. The molecule has 5 rings (SSSR count). The molecule has 1 aliphatic heterocycles. The van der Waals surface area contributed by atoms with E-state index in [9.17, 15) is 19.2 Å². The Bertz CT molecular complexity index is 1380. The minimum absolute atomic E-state index is 0.112. The first-order valence-electron chi connectivity index (χ1n) is 14.6. The van der Waals surface area contributed by atoms with Crippen LogP contribution in [0.5, 0.6) is 0 Å². The number of nitrogens with zero attached hydrogens (tertiary/aromatic N) is 2. The number of rotatable bonds is 11. The van der Waals surface area contributed by atoms with E-state index in [4.69, 9.17) is 0 Å². The number of amides is 4. The molecule has 3 aromatic carbocycles. The number of aryl methyl sites for hydroxylation is 1. The molecule has 1 saturated carbocycles. The van der Waals surface area contributed by atoms with Gasteiger partial charge in [0.25, 0.3) is 11.8 Å². The molecule has 1 N–H and O–H groups in total.